The Balaban J connectivity index is 2.09. The van der Waals surface area contributed by atoms with Crippen molar-refractivity contribution in [1.82, 2.24) is 10.2 Å². The molecule has 0 aromatic rings. The molecule has 1 N–H and O–H groups in total. The van der Waals surface area contributed by atoms with Gasteiger partial charge in [0.15, 0.2) is 0 Å². The fourth-order valence-electron chi connectivity index (χ4n) is 3.14. The minimum absolute atomic E-state index is 0.615. The van der Waals surface area contributed by atoms with E-state index in [2.05, 4.69) is 31.0 Å². The molecular weight excluding hydrogens is 160 g/mol. The number of nitrogens with one attached hydrogen (secondary N) is 1. The van der Waals surface area contributed by atoms with Crippen molar-refractivity contribution in [2.24, 2.45) is 5.41 Å². The Morgan fingerprint density at radius 3 is 2.62 bits per heavy atom. The van der Waals surface area contributed by atoms with E-state index in [4.69, 9.17) is 0 Å². The zero-order valence-electron chi connectivity index (χ0n) is 9.14. The molecular formula is C11H22N2. The lowest BCUT2D eigenvalue weighted by Gasteiger charge is -2.33. The van der Waals surface area contributed by atoms with Gasteiger partial charge in [-0.05, 0) is 46.7 Å². The first-order valence-corrected chi connectivity index (χ1v) is 5.62. The summed E-state index contributed by atoms with van der Waals surface area (Å²) in [7, 11) is 0. The maximum absolute atomic E-state index is 3.52. The molecule has 2 atom stereocenters. The third-order valence-electron chi connectivity index (χ3n) is 4.19. The van der Waals surface area contributed by atoms with Crippen LogP contribution in [0.3, 0.4) is 0 Å². The maximum atomic E-state index is 3.52. The molecule has 2 nitrogen and oxygen atoms in total. The molecule has 2 aliphatic heterocycles. The fraction of sp³-hybridized carbons (Fsp3) is 1.00. The SMILES string of the molecule is CC(C)N1CCC2(CCNC2)C1C. The molecule has 76 valence electrons. The van der Waals surface area contributed by atoms with Crippen LogP contribution in [0.25, 0.3) is 0 Å². The number of rotatable bonds is 1. The average Bonchev–Trinajstić information content (AvgIpc) is 2.64. The third kappa shape index (κ3) is 1.40. The summed E-state index contributed by atoms with van der Waals surface area (Å²) in [5, 5.41) is 3.52. The number of hydrogen-bond donors (Lipinski definition) is 1. The molecule has 0 radical (unpaired) electrons. The summed E-state index contributed by atoms with van der Waals surface area (Å²) in [6.45, 7) is 10.8. The Labute approximate surface area is 81.7 Å². The quantitative estimate of drug-likeness (QED) is 0.660. The second-order valence-electron chi connectivity index (χ2n) is 5.05. The zero-order chi connectivity index (χ0) is 9.47. The second-order valence-corrected chi connectivity index (χ2v) is 5.05. The smallest absolute Gasteiger partial charge is 0.0139 e. The van der Waals surface area contributed by atoms with E-state index in [1.807, 2.05) is 0 Å². The van der Waals surface area contributed by atoms with Crippen LogP contribution in [0.4, 0.5) is 0 Å². The van der Waals surface area contributed by atoms with Crippen LogP contribution in [0.15, 0.2) is 0 Å². The summed E-state index contributed by atoms with van der Waals surface area (Å²) in [5.74, 6) is 0. The van der Waals surface area contributed by atoms with Crippen molar-refractivity contribution in [1.29, 1.82) is 0 Å². The normalized spacial score (nSPS) is 41.1. The molecule has 1 spiro atoms. The predicted octanol–water partition coefficient (Wildman–Crippen LogP) is 1.47. The lowest BCUT2D eigenvalue weighted by Crippen LogP contribution is -2.41. The van der Waals surface area contributed by atoms with Gasteiger partial charge in [-0.2, -0.15) is 0 Å². The maximum Gasteiger partial charge on any atom is 0.0139 e. The Bertz CT molecular complexity index is 183. The van der Waals surface area contributed by atoms with E-state index in [1.165, 1.54) is 32.5 Å². The fourth-order valence-corrected chi connectivity index (χ4v) is 3.14. The first-order valence-electron chi connectivity index (χ1n) is 5.62. The van der Waals surface area contributed by atoms with Crippen molar-refractivity contribution in [2.45, 2.75) is 45.7 Å². The molecule has 0 aromatic carbocycles. The molecule has 2 fully saturated rings. The van der Waals surface area contributed by atoms with Crippen LogP contribution in [0.5, 0.6) is 0 Å². The summed E-state index contributed by atoms with van der Waals surface area (Å²) in [6.07, 6.45) is 2.79. The molecule has 2 rings (SSSR count). The molecule has 2 heteroatoms. The molecule has 0 amide bonds. The van der Waals surface area contributed by atoms with Gasteiger partial charge in [0.25, 0.3) is 0 Å². The van der Waals surface area contributed by atoms with Gasteiger partial charge in [-0.15, -0.1) is 0 Å². The molecule has 0 bridgehead atoms. The molecule has 2 unspecified atom stereocenters. The van der Waals surface area contributed by atoms with Crippen molar-refractivity contribution in [3.05, 3.63) is 0 Å². The molecule has 2 aliphatic rings. The molecule has 0 aromatic heterocycles. The highest BCUT2D eigenvalue weighted by Gasteiger charge is 2.46. The summed E-state index contributed by atoms with van der Waals surface area (Å²) in [5.41, 5.74) is 0.615. The zero-order valence-corrected chi connectivity index (χ0v) is 9.14. The van der Waals surface area contributed by atoms with Crippen LogP contribution in [-0.4, -0.2) is 36.6 Å². The number of hydrogen-bond acceptors (Lipinski definition) is 2. The van der Waals surface area contributed by atoms with Gasteiger partial charge in [0.1, 0.15) is 0 Å². The van der Waals surface area contributed by atoms with E-state index in [0.29, 0.717) is 5.41 Å². The van der Waals surface area contributed by atoms with E-state index in [0.717, 1.165) is 12.1 Å². The summed E-state index contributed by atoms with van der Waals surface area (Å²) in [4.78, 5) is 2.66. The highest BCUT2D eigenvalue weighted by atomic mass is 15.2. The van der Waals surface area contributed by atoms with E-state index < -0.39 is 0 Å². The summed E-state index contributed by atoms with van der Waals surface area (Å²) >= 11 is 0. The van der Waals surface area contributed by atoms with E-state index in [9.17, 15) is 0 Å². The molecule has 0 aliphatic carbocycles. The lowest BCUT2D eigenvalue weighted by atomic mass is 9.80. The lowest BCUT2D eigenvalue weighted by molar-refractivity contribution is 0.152. The summed E-state index contributed by atoms with van der Waals surface area (Å²) < 4.78 is 0. The van der Waals surface area contributed by atoms with Gasteiger partial charge < -0.3 is 5.32 Å². The minimum atomic E-state index is 0.615. The minimum Gasteiger partial charge on any atom is -0.316 e. The van der Waals surface area contributed by atoms with Crippen LogP contribution < -0.4 is 5.32 Å². The highest BCUT2D eigenvalue weighted by Crippen LogP contribution is 2.42. The van der Waals surface area contributed by atoms with E-state index >= 15 is 0 Å². The van der Waals surface area contributed by atoms with Gasteiger partial charge in [-0.25, -0.2) is 0 Å². The van der Waals surface area contributed by atoms with Gasteiger partial charge in [-0.3, -0.25) is 4.90 Å². The first kappa shape index (κ1) is 9.47. The Hall–Kier alpha value is -0.0800. The van der Waals surface area contributed by atoms with E-state index in [1.54, 1.807) is 0 Å². The Morgan fingerprint density at radius 2 is 2.15 bits per heavy atom. The van der Waals surface area contributed by atoms with Gasteiger partial charge in [0.05, 0.1) is 0 Å². The summed E-state index contributed by atoms with van der Waals surface area (Å²) in [6, 6.07) is 1.50. The van der Waals surface area contributed by atoms with Crippen molar-refractivity contribution in [3.63, 3.8) is 0 Å². The van der Waals surface area contributed by atoms with Gasteiger partial charge in [0, 0.05) is 24.0 Å². The monoisotopic (exact) mass is 182 g/mol. The van der Waals surface area contributed by atoms with Gasteiger partial charge in [0.2, 0.25) is 0 Å². The van der Waals surface area contributed by atoms with Crippen molar-refractivity contribution < 1.29 is 0 Å². The van der Waals surface area contributed by atoms with Gasteiger partial charge >= 0.3 is 0 Å². The Morgan fingerprint density at radius 1 is 1.38 bits per heavy atom. The molecule has 2 saturated heterocycles. The number of likely N-dealkylation sites (tertiary alicyclic amines) is 1. The number of nitrogens with zero attached hydrogens (tertiary/aromatic N) is 1. The first-order chi connectivity index (χ1) is 6.16. The average molecular weight is 182 g/mol. The van der Waals surface area contributed by atoms with Crippen LogP contribution in [-0.2, 0) is 0 Å². The molecule has 2 heterocycles. The highest BCUT2D eigenvalue weighted by molar-refractivity contribution is 5.01. The topological polar surface area (TPSA) is 15.3 Å². The van der Waals surface area contributed by atoms with Crippen molar-refractivity contribution in [2.75, 3.05) is 19.6 Å². The predicted molar refractivity (Wildman–Crippen MR) is 55.8 cm³/mol. The van der Waals surface area contributed by atoms with Crippen LogP contribution in [0.2, 0.25) is 0 Å². The molecule has 0 saturated carbocycles. The van der Waals surface area contributed by atoms with Crippen LogP contribution in [0.1, 0.15) is 33.6 Å². The molecule has 13 heavy (non-hydrogen) atoms. The largest absolute Gasteiger partial charge is 0.316 e. The van der Waals surface area contributed by atoms with Crippen LogP contribution >= 0.6 is 0 Å². The van der Waals surface area contributed by atoms with Crippen molar-refractivity contribution >= 4 is 0 Å². The standard InChI is InChI=1S/C11H22N2/c1-9(2)13-7-5-11(10(13)3)4-6-12-8-11/h9-10,12H,4-8H2,1-3H3. The van der Waals surface area contributed by atoms with Crippen LogP contribution in [0, 0.1) is 5.41 Å². The third-order valence-corrected chi connectivity index (χ3v) is 4.19. The van der Waals surface area contributed by atoms with E-state index in [-0.39, 0.29) is 0 Å². The van der Waals surface area contributed by atoms with Gasteiger partial charge in [-0.1, -0.05) is 0 Å². The Kier molecular flexibility index (Phi) is 2.37. The second kappa shape index (κ2) is 3.25. The van der Waals surface area contributed by atoms with Crippen molar-refractivity contribution in [3.8, 4) is 0 Å².